The fourth-order valence-electron chi connectivity index (χ4n) is 3.31. The van der Waals surface area contributed by atoms with E-state index in [0.717, 1.165) is 38.5 Å². The Bertz CT molecular complexity index is 504. The van der Waals surface area contributed by atoms with Gasteiger partial charge in [0.15, 0.2) is 0 Å². The highest BCUT2D eigenvalue weighted by Gasteiger charge is 2.24. The van der Waals surface area contributed by atoms with Gasteiger partial charge in [0, 0.05) is 45.0 Å². The van der Waals surface area contributed by atoms with E-state index >= 15 is 0 Å². The Hall–Kier alpha value is -1.04. The molecule has 1 aromatic rings. The van der Waals surface area contributed by atoms with Crippen LogP contribution in [0.4, 0.5) is 5.82 Å². The minimum Gasteiger partial charge on any atom is -0.357 e. The fraction of sp³-hybridized carbons (Fsp3) is 0.647. The summed E-state index contributed by atoms with van der Waals surface area (Å²) in [5, 5.41) is 3.31. The van der Waals surface area contributed by atoms with Crippen molar-refractivity contribution in [2.75, 3.05) is 37.6 Å². The highest BCUT2D eigenvalue weighted by molar-refractivity contribution is 5.94. The van der Waals surface area contributed by atoms with Gasteiger partial charge < -0.3 is 15.1 Å². The molecule has 1 aromatic heterocycles. The Labute approximate surface area is 157 Å². The summed E-state index contributed by atoms with van der Waals surface area (Å²) in [7, 11) is 0. The normalized spacial score (nSPS) is 21.3. The van der Waals surface area contributed by atoms with Crippen LogP contribution in [0.25, 0.3) is 0 Å². The molecule has 0 bridgehead atoms. The first-order valence-electron chi connectivity index (χ1n) is 8.48. The van der Waals surface area contributed by atoms with Crippen molar-refractivity contribution in [1.29, 1.82) is 0 Å². The van der Waals surface area contributed by atoms with E-state index in [1.807, 2.05) is 17.0 Å². The maximum absolute atomic E-state index is 12.6. The SMILES string of the molecule is C[C@H]1CNCCN1C(=O)c1ccc(N2CCCCCC2)nc1.Cl.Cl. The zero-order valence-corrected chi connectivity index (χ0v) is 15.9. The van der Waals surface area contributed by atoms with Crippen LogP contribution in [0.5, 0.6) is 0 Å². The van der Waals surface area contributed by atoms with Crippen molar-refractivity contribution in [1.82, 2.24) is 15.2 Å². The van der Waals surface area contributed by atoms with Gasteiger partial charge in [-0.25, -0.2) is 4.98 Å². The standard InChI is InChI=1S/C17H26N4O.2ClH/c1-14-12-18-8-11-21(14)17(22)15-6-7-16(19-13-15)20-9-4-2-3-5-10-20;;/h6-7,13-14,18H,2-5,8-12H2,1H3;2*1H/t14-;;/m0../s1. The molecule has 0 aromatic carbocycles. The molecule has 2 fully saturated rings. The molecule has 2 saturated heterocycles. The zero-order chi connectivity index (χ0) is 15.4. The Morgan fingerprint density at radius 1 is 1.12 bits per heavy atom. The van der Waals surface area contributed by atoms with Crippen LogP contribution in [0, 0.1) is 0 Å². The van der Waals surface area contributed by atoms with Crippen LogP contribution in [-0.2, 0) is 0 Å². The van der Waals surface area contributed by atoms with Gasteiger partial charge in [-0.2, -0.15) is 0 Å². The lowest BCUT2D eigenvalue weighted by Gasteiger charge is -2.34. The van der Waals surface area contributed by atoms with Crippen LogP contribution in [0.2, 0.25) is 0 Å². The number of halogens is 2. The van der Waals surface area contributed by atoms with E-state index in [9.17, 15) is 4.79 Å². The molecular weight excluding hydrogens is 347 g/mol. The largest absolute Gasteiger partial charge is 0.357 e. The predicted octanol–water partition coefficient (Wildman–Crippen LogP) is 2.74. The third-order valence-corrected chi connectivity index (χ3v) is 4.69. The van der Waals surface area contributed by atoms with E-state index in [2.05, 4.69) is 22.1 Å². The van der Waals surface area contributed by atoms with Crippen molar-refractivity contribution in [2.45, 2.75) is 38.6 Å². The summed E-state index contributed by atoms with van der Waals surface area (Å²) < 4.78 is 0. The molecule has 3 rings (SSSR count). The molecule has 0 saturated carbocycles. The topological polar surface area (TPSA) is 48.5 Å². The number of rotatable bonds is 2. The Kier molecular flexibility index (Phi) is 8.81. The number of amides is 1. The highest BCUT2D eigenvalue weighted by atomic mass is 35.5. The second kappa shape index (κ2) is 10.1. The monoisotopic (exact) mass is 374 g/mol. The van der Waals surface area contributed by atoms with Crippen LogP contribution >= 0.6 is 24.8 Å². The quantitative estimate of drug-likeness (QED) is 0.864. The van der Waals surface area contributed by atoms with E-state index in [0.29, 0.717) is 5.56 Å². The molecule has 1 atom stereocenters. The molecule has 3 heterocycles. The van der Waals surface area contributed by atoms with Gasteiger partial charge in [0.05, 0.1) is 5.56 Å². The Morgan fingerprint density at radius 3 is 2.42 bits per heavy atom. The molecule has 2 aliphatic rings. The van der Waals surface area contributed by atoms with Crippen molar-refractivity contribution in [2.24, 2.45) is 0 Å². The van der Waals surface area contributed by atoms with E-state index in [-0.39, 0.29) is 36.8 Å². The van der Waals surface area contributed by atoms with E-state index < -0.39 is 0 Å². The molecule has 1 N–H and O–H groups in total. The molecule has 136 valence electrons. The second-order valence-corrected chi connectivity index (χ2v) is 6.36. The number of carbonyl (C=O) groups is 1. The van der Waals surface area contributed by atoms with Gasteiger partial charge in [-0.05, 0) is 31.9 Å². The number of hydrogen-bond acceptors (Lipinski definition) is 4. The first-order chi connectivity index (χ1) is 10.8. The summed E-state index contributed by atoms with van der Waals surface area (Å²) in [4.78, 5) is 21.4. The Morgan fingerprint density at radius 2 is 1.83 bits per heavy atom. The summed E-state index contributed by atoms with van der Waals surface area (Å²) in [5.41, 5.74) is 0.701. The minimum atomic E-state index is 0. The van der Waals surface area contributed by atoms with Crippen LogP contribution in [0.3, 0.4) is 0 Å². The lowest BCUT2D eigenvalue weighted by atomic mass is 10.1. The number of nitrogens with zero attached hydrogens (tertiary/aromatic N) is 3. The average Bonchev–Trinajstić information content (AvgIpc) is 2.84. The fourth-order valence-corrected chi connectivity index (χ4v) is 3.31. The molecule has 0 aliphatic carbocycles. The van der Waals surface area contributed by atoms with Crippen molar-refractivity contribution in [3.63, 3.8) is 0 Å². The summed E-state index contributed by atoms with van der Waals surface area (Å²) in [6, 6.07) is 4.18. The van der Waals surface area contributed by atoms with Crippen LogP contribution < -0.4 is 10.2 Å². The first-order valence-corrected chi connectivity index (χ1v) is 8.48. The maximum atomic E-state index is 12.6. The van der Waals surface area contributed by atoms with Crippen LogP contribution in [-0.4, -0.2) is 54.6 Å². The third kappa shape index (κ3) is 4.98. The molecule has 2 aliphatic heterocycles. The molecule has 5 nitrogen and oxygen atoms in total. The molecule has 1 amide bonds. The Balaban J connectivity index is 0.00000144. The molecule has 0 radical (unpaired) electrons. The van der Waals surface area contributed by atoms with Crippen molar-refractivity contribution >= 4 is 36.5 Å². The molecule has 24 heavy (non-hydrogen) atoms. The van der Waals surface area contributed by atoms with Gasteiger partial charge in [0.1, 0.15) is 5.82 Å². The lowest BCUT2D eigenvalue weighted by molar-refractivity contribution is 0.0655. The van der Waals surface area contributed by atoms with Gasteiger partial charge in [0.25, 0.3) is 5.91 Å². The zero-order valence-electron chi connectivity index (χ0n) is 14.2. The van der Waals surface area contributed by atoms with Gasteiger partial charge >= 0.3 is 0 Å². The lowest BCUT2D eigenvalue weighted by Crippen LogP contribution is -2.52. The average molecular weight is 375 g/mol. The van der Waals surface area contributed by atoms with E-state index in [1.165, 1.54) is 25.7 Å². The third-order valence-electron chi connectivity index (χ3n) is 4.69. The number of carbonyl (C=O) groups excluding carboxylic acids is 1. The number of piperazine rings is 1. The minimum absolute atomic E-state index is 0. The molecule has 7 heteroatoms. The first kappa shape index (κ1) is 21.0. The number of nitrogens with one attached hydrogen (secondary N) is 1. The smallest absolute Gasteiger partial charge is 0.255 e. The second-order valence-electron chi connectivity index (χ2n) is 6.36. The van der Waals surface area contributed by atoms with Crippen molar-refractivity contribution < 1.29 is 4.79 Å². The number of anilines is 1. The molecule has 0 unspecified atom stereocenters. The molecule has 0 spiro atoms. The summed E-state index contributed by atoms with van der Waals surface area (Å²) in [6.45, 7) is 6.75. The van der Waals surface area contributed by atoms with E-state index in [4.69, 9.17) is 0 Å². The van der Waals surface area contributed by atoms with Gasteiger partial charge in [-0.15, -0.1) is 24.8 Å². The van der Waals surface area contributed by atoms with E-state index in [1.54, 1.807) is 6.20 Å². The van der Waals surface area contributed by atoms with Crippen molar-refractivity contribution in [3.8, 4) is 0 Å². The number of aromatic nitrogens is 1. The highest BCUT2D eigenvalue weighted by Crippen LogP contribution is 2.18. The summed E-state index contributed by atoms with van der Waals surface area (Å²) >= 11 is 0. The summed E-state index contributed by atoms with van der Waals surface area (Å²) in [6.07, 6.45) is 6.85. The van der Waals surface area contributed by atoms with Gasteiger partial charge in [-0.3, -0.25) is 4.79 Å². The predicted molar refractivity (Wildman–Crippen MR) is 103 cm³/mol. The summed E-state index contributed by atoms with van der Waals surface area (Å²) in [5.74, 6) is 1.11. The van der Waals surface area contributed by atoms with Crippen LogP contribution in [0.15, 0.2) is 18.3 Å². The van der Waals surface area contributed by atoms with Gasteiger partial charge in [-0.1, -0.05) is 12.8 Å². The molecular formula is C17H28Cl2N4O. The maximum Gasteiger partial charge on any atom is 0.255 e. The number of pyridine rings is 1. The van der Waals surface area contributed by atoms with Gasteiger partial charge in [0.2, 0.25) is 0 Å². The van der Waals surface area contributed by atoms with Crippen LogP contribution in [0.1, 0.15) is 43.0 Å². The number of hydrogen-bond donors (Lipinski definition) is 1. The van der Waals surface area contributed by atoms with Crippen molar-refractivity contribution in [3.05, 3.63) is 23.9 Å².